The lowest BCUT2D eigenvalue weighted by Crippen LogP contribution is -1.57. The van der Waals surface area contributed by atoms with Crippen LogP contribution >= 0.6 is 0 Å². The summed E-state index contributed by atoms with van der Waals surface area (Å²) in [5.41, 5.74) is 0. The minimum absolute atomic E-state index is 0.757. The van der Waals surface area contributed by atoms with Gasteiger partial charge in [-0.1, -0.05) is 5.16 Å². The molecule has 0 atom stereocenters. The lowest BCUT2D eigenvalue weighted by molar-refractivity contribution is 0.322. The predicted molar refractivity (Wildman–Crippen MR) is 20.9 cm³/mol. The molecule has 4 heteroatoms. The van der Waals surface area contributed by atoms with Gasteiger partial charge < -0.3 is 10.4 Å². The summed E-state index contributed by atoms with van der Waals surface area (Å²) in [5, 5.41) is 21.0. The molecule has 0 heterocycles. The Bertz CT molecular complexity index is 97.9. The molecule has 0 rings (SSSR count). The van der Waals surface area contributed by atoms with Crippen LogP contribution in [-0.2, 0) is 0 Å². The van der Waals surface area contributed by atoms with Gasteiger partial charge in [0.1, 0.15) is 0 Å². The largest absolute Gasteiger partial charge is 0.498 e. The van der Waals surface area contributed by atoms with Gasteiger partial charge in [-0.05, 0) is 0 Å². The summed E-state index contributed by atoms with van der Waals surface area (Å²) in [5.74, 6) is 0. The monoisotopic (exact) mass is 86.0 g/mol. The van der Waals surface area contributed by atoms with E-state index in [0.29, 0.717) is 0 Å². The van der Waals surface area contributed by atoms with Gasteiger partial charge in [-0.25, -0.2) is 0 Å². The van der Waals surface area contributed by atoms with Crippen LogP contribution in [0.4, 0.5) is 0 Å². The molecule has 6 heavy (non-hydrogen) atoms. The Hall–Kier alpha value is -1.24. The third-order valence-corrected chi connectivity index (χ3v) is 0.168. The lowest BCUT2D eigenvalue weighted by atomic mass is 10.9. The van der Waals surface area contributed by atoms with Crippen LogP contribution in [0.2, 0.25) is 0 Å². The number of rotatable bonds is 0. The van der Waals surface area contributed by atoms with Gasteiger partial charge in [0.2, 0.25) is 0 Å². The van der Waals surface area contributed by atoms with Crippen molar-refractivity contribution < 1.29 is 5.21 Å². The molecule has 32 valence electrons. The average molecular weight is 86.0 g/mol. The molecule has 4 nitrogen and oxygen atoms in total. The van der Waals surface area contributed by atoms with E-state index in [1.165, 1.54) is 0 Å². The zero-order chi connectivity index (χ0) is 4.83. The Labute approximate surface area is 34.1 Å². The van der Waals surface area contributed by atoms with Crippen molar-refractivity contribution in [1.29, 1.82) is 0 Å². The lowest BCUT2D eigenvalue weighted by Gasteiger charge is -1.52. The van der Waals surface area contributed by atoms with Gasteiger partial charge in [-0.3, -0.25) is 0 Å². The van der Waals surface area contributed by atoms with Crippen LogP contribution in [0.3, 0.4) is 0 Å². The molecule has 0 spiro atoms. The molecular formula is C2H2N2O2. The van der Waals surface area contributed by atoms with Crippen LogP contribution in [0.25, 0.3) is 5.01 Å². The minimum atomic E-state index is 0.757. The second-order valence-electron chi connectivity index (χ2n) is 0.465. The third kappa shape index (κ3) is 2.76. The van der Waals surface area contributed by atoms with Crippen molar-refractivity contribution in [1.82, 2.24) is 0 Å². The Morgan fingerprint density at radius 2 is 2.67 bits per heavy atom. The molecule has 0 amide bonds. The van der Waals surface area contributed by atoms with E-state index in [1.54, 1.807) is 6.07 Å². The van der Waals surface area contributed by atoms with Crippen molar-refractivity contribution in [2.24, 2.45) is 5.16 Å². The highest BCUT2D eigenvalue weighted by molar-refractivity contribution is 5.76. The van der Waals surface area contributed by atoms with E-state index in [-0.39, 0.29) is 0 Å². The fourth-order valence-electron chi connectivity index (χ4n) is 0.0494. The summed E-state index contributed by atoms with van der Waals surface area (Å²) < 4.78 is 0. The highest BCUT2D eigenvalue weighted by Crippen LogP contribution is 1.51. The minimum Gasteiger partial charge on any atom is -0.498 e. The molecule has 0 saturated heterocycles. The normalized spacial score (nSPS) is 7.33. The highest BCUT2D eigenvalue weighted by Gasteiger charge is 1.63. The maximum Gasteiger partial charge on any atom is 0.352 e. The Morgan fingerprint density at radius 3 is 2.83 bits per heavy atom. The fourth-order valence-corrected chi connectivity index (χ4v) is 0.0494. The molecule has 0 aromatic carbocycles. The van der Waals surface area contributed by atoms with Crippen molar-refractivity contribution in [2.45, 2.75) is 0 Å². The van der Waals surface area contributed by atoms with E-state index in [9.17, 15) is 0 Å². The molecule has 0 fully saturated rings. The number of hydrogen-bond acceptors (Lipinski definition) is 3. The van der Waals surface area contributed by atoms with E-state index in [1.807, 2.05) is 0 Å². The Kier molecular flexibility index (Phi) is 2.98. The first-order chi connectivity index (χ1) is 2.91. The summed E-state index contributed by atoms with van der Waals surface area (Å²) in [6.45, 7) is 0. The first-order valence-electron chi connectivity index (χ1n) is 1.15. The van der Waals surface area contributed by atoms with Crippen LogP contribution in [0.15, 0.2) is 5.16 Å². The summed E-state index contributed by atoms with van der Waals surface area (Å²) >= 11 is 0. The van der Waals surface area contributed by atoms with Crippen molar-refractivity contribution in [3.63, 3.8) is 0 Å². The smallest absolute Gasteiger partial charge is 0.352 e. The fraction of sp³-hybridized carbons (Fsp3) is 0. The first-order valence-corrected chi connectivity index (χ1v) is 1.15. The second kappa shape index (κ2) is 3.76. The molecule has 0 aliphatic rings. The summed E-state index contributed by atoms with van der Waals surface area (Å²) in [6, 6.07) is 1.73. The topological polar surface area (TPSA) is 60.0 Å². The highest BCUT2D eigenvalue weighted by atomic mass is 16.4. The zero-order valence-electron chi connectivity index (χ0n) is 2.83. The molecule has 0 bridgehead atoms. The Morgan fingerprint density at radius 1 is 2.00 bits per heavy atom. The zero-order valence-corrected chi connectivity index (χ0v) is 2.83. The van der Waals surface area contributed by atoms with E-state index >= 15 is 0 Å². The van der Waals surface area contributed by atoms with Crippen molar-refractivity contribution in [2.75, 3.05) is 0 Å². The second-order valence-corrected chi connectivity index (χ2v) is 0.465. The van der Waals surface area contributed by atoms with E-state index in [4.69, 9.17) is 10.4 Å². The SMILES string of the molecule is [O-][N+]#CC=NO. The van der Waals surface area contributed by atoms with Crippen LogP contribution < -0.4 is 0 Å². The molecule has 1 N–H and O–H groups in total. The van der Waals surface area contributed by atoms with Crippen molar-refractivity contribution in [3.05, 3.63) is 10.2 Å². The number of hydrogen-bond donors (Lipinski definition) is 1. The van der Waals surface area contributed by atoms with Gasteiger partial charge in [-0.15, -0.1) is 0 Å². The van der Waals surface area contributed by atoms with Crippen LogP contribution in [0.5, 0.6) is 0 Å². The summed E-state index contributed by atoms with van der Waals surface area (Å²) in [4.78, 5) is 0. The standard InChI is InChI=1S/C2H2N2O2/c5-3-1-2-4-6/h1,5H. The van der Waals surface area contributed by atoms with Gasteiger partial charge in [0.15, 0.2) is 6.21 Å². The molecule has 0 aliphatic heterocycles. The summed E-state index contributed by atoms with van der Waals surface area (Å²) in [6.07, 6.45) is 0.757. The van der Waals surface area contributed by atoms with E-state index in [2.05, 4.69) is 10.2 Å². The van der Waals surface area contributed by atoms with E-state index in [0.717, 1.165) is 6.21 Å². The van der Waals surface area contributed by atoms with Crippen LogP contribution in [0.1, 0.15) is 0 Å². The van der Waals surface area contributed by atoms with Gasteiger partial charge in [0.25, 0.3) is 0 Å². The maximum atomic E-state index is 9.00. The van der Waals surface area contributed by atoms with Crippen LogP contribution in [-0.4, -0.2) is 11.4 Å². The summed E-state index contributed by atoms with van der Waals surface area (Å²) in [7, 11) is 0. The first kappa shape index (κ1) is 4.76. The molecule has 0 aromatic heterocycles. The molecule has 0 radical (unpaired) electrons. The number of nitrogens with zero attached hydrogens (tertiary/aromatic N) is 2. The maximum absolute atomic E-state index is 9.00. The van der Waals surface area contributed by atoms with Gasteiger partial charge in [0, 0.05) is 5.01 Å². The Balaban J connectivity index is 3.24. The van der Waals surface area contributed by atoms with Gasteiger partial charge >= 0.3 is 6.07 Å². The number of oxime groups is 1. The molecular weight excluding hydrogens is 84.0 g/mol. The molecule has 0 saturated carbocycles. The molecule has 0 unspecified atom stereocenters. The van der Waals surface area contributed by atoms with Crippen molar-refractivity contribution >= 4 is 6.21 Å². The molecule has 0 aromatic rings. The predicted octanol–water partition coefficient (Wildman–Crippen LogP) is 0.277. The van der Waals surface area contributed by atoms with Crippen molar-refractivity contribution in [3.8, 4) is 6.07 Å². The average Bonchev–Trinajstić information content (AvgIpc) is 1.61. The van der Waals surface area contributed by atoms with Gasteiger partial charge in [-0.2, -0.15) is 0 Å². The molecule has 0 aliphatic carbocycles. The van der Waals surface area contributed by atoms with Gasteiger partial charge in [0.05, 0.1) is 0 Å². The third-order valence-electron chi connectivity index (χ3n) is 0.168. The van der Waals surface area contributed by atoms with Crippen LogP contribution in [0, 0.1) is 11.3 Å². The quantitative estimate of drug-likeness (QED) is 0.261. The van der Waals surface area contributed by atoms with E-state index < -0.39 is 0 Å².